The van der Waals surface area contributed by atoms with Crippen molar-refractivity contribution in [3.63, 3.8) is 0 Å². The molecule has 1 aliphatic heterocycles. The molecule has 2 rings (SSSR count). The van der Waals surface area contributed by atoms with E-state index in [0.29, 0.717) is 0 Å². The van der Waals surface area contributed by atoms with Gasteiger partial charge in [0.05, 0.1) is 6.20 Å². The molecule has 1 aliphatic rings. The van der Waals surface area contributed by atoms with Crippen molar-refractivity contribution in [2.24, 2.45) is 0 Å². The predicted octanol–water partition coefficient (Wildman–Crippen LogP) is 0.935. The van der Waals surface area contributed by atoms with Gasteiger partial charge in [-0.1, -0.05) is 9.39 Å². The Kier molecular flexibility index (Phi) is 1.99. The van der Waals surface area contributed by atoms with Crippen LogP contribution in [0.15, 0.2) is 12.3 Å². The van der Waals surface area contributed by atoms with Gasteiger partial charge >= 0.3 is 0 Å². The summed E-state index contributed by atoms with van der Waals surface area (Å²) in [6, 6.07) is 1.79. The summed E-state index contributed by atoms with van der Waals surface area (Å²) in [4.78, 5) is 4.17. The first-order valence-electron chi connectivity index (χ1n) is 3.92. The second-order valence-corrected chi connectivity index (χ2v) is 3.75. The number of pyridine rings is 1. The average Bonchev–Trinajstić information content (AvgIpc) is 2.03. The molecule has 1 aromatic heterocycles. The summed E-state index contributed by atoms with van der Waals surface area (Å²) in [7, 11) is 2.67. The molecule has 1 aromatic rings. The van der Waals surface area contributed by atoms with Crippen molar-refractivity contribution in [1.29, 1.82) is 0 Å². The molecule has 1 N–H and O–H groups in total. The van der Waals surface area contributed by atoms with E-state index in [9.17, 15) is 5.11 Å². The maximum absolute atomic E-state index is 9.19. The summed E-state index contributed by atoms with van der Waals surface area (Å²) in [5.74, 6) is 0.258. The molecule has 0 aromatic carbocycles. The van der Waals surface area contributed by atoms with Crippen LogP contribution >= 0.6 is 9.39 Å². The minimum Gasteiger partial charge on any atom is -0.506 e. The molecule has 0 fully saturated rings. The largest absolute Gasteiger partial charge is 0.506 e. The van der Waals surface area contributed by atoms with E-state index in [2.05, 4.69) is 19.0 Å². The first-order valence-corrected chi connectivity index (χ1v) is 4.44. The van der Waals surface area contributed by atoms with Crippen molar-refractivity contribution in [3.05, 3.63) is 23.5 Å². The van der Waals surface area contributed by atoms with Crippen LogP contribution in [0.25, 0.3) is 0 Å². The van der Waals surface area contributed by atoms with E-state index in [1.807, 2.05) is 0 Å². The summed E-state index contributed by atoms with van der Waals surface area (Å²) < 4.78 is 2.14. The van der Waals surface area contributed by atoms with Crippen LogP contribution in [-0.4, -0.2) is 21.3 Å². The van der Waals surface area contributed by atoms with Crippen LogP contribution in [0.5, 0.6) is 5.75 Å². The molecule has 12 heavy (non-hydrogen) atoms. The number of aromatic hydroxyl groups is 1. The molecule has 4 heteroatoms. The number of nitrogens with zero attached hydrogens (tertiary/aromatic N) is 2. The van der Waals surface area contributed by atoms with E-state index in [-0.39, 0.29) is 5.75 Å². The number of hydrogen-bond acceptors (Lipinski definition) is 3. The number of rotatable bonds is 0. The monoisotopic (exact) mass is 182 g/mol. The van der Waals surface area contributed by atoms with Crippen LogP contribution < -0.4 is 0 Å². The summed E-state index contributed by atoms with van der Waals surface area (Å²) in [5, 5.41) is 9.19. The quantitative estimate of drug-likeness (QED) is 0.606. The third kappa shape index (κ3) is 1.43. The normalized spacial score (nSPS) is 17.4. The minimum absolute atomic E-state index is 0.258. The van der Waals surface area contributed by atoms with E-state index in [4.69, 9.17) is 0 Å². The van der Waals surface area contributed by atoms with Gasteiger partial charge in [-0.25, -0.2) is 0 Å². The predicted molar refractivity (Wildman–Crippen MR) is 49.7 cm³/mol. The number of hydrogen-bond donors (Lipinski definition) is 1. The lowest BCUT2D eigenvalue weighted by Gasteiger charge is -2.23. The van der Waals surface area contributed by atoms with E-state index in [1.165, 1.54) is 6.20 Å². The smallest absolute Gasteiger partial charge is 0.134 e. The lowest BCUT2D eigenvalue weighted by molar-refractivity contribution is 0.428. The molecule has 0 bridgehead atoms. The first-order chi connectivity index (χ1) is 5.75. The van der Waals surface area contributed by atoms with Crippen LogP contribution in [0.1, 0.15) is 11.3 Å². The lowest BCUT2D eigenvalue weighted by atomic mass is 10.1. The Morgan fingerprint density at radius 1 is 1.58 bits per heavy atom. The van der Waals surface area contributed by atoms with Crippen molar-refractivity contribution in [2.45, 2.75) is 13.0 Å². The zero-order valence-corrected chi connectivity index (χ0v) is 7.85. The Hall–Kier alpha value is -0.660. The zero-order chi connectivity index (χ0) is 8.55. The van der Waals surface area contributed by atoms with Gasteiger partial charge in [-0.15, -0.1) is 0 Å². The van der Waals surface area contributed by atoms with Gasteiger partial charge < -0.3 is 5.11 Å². The molecule has 1 atom stereocenters. The Labute approximate surface area is 73.7 Å². The second kappa shape index (κ2) is 3.00. The van der Waals surface area contributed by atoms with Crippen molar-refractivity contribution in [3.8, 4) is 5.75 Å². The van der Waals surface area contributed by atoms with Crippen LogP contribution in [-0.2, 0) is 13.0 Å². The highest BCUT2D eigenvalue weighted by molar-refractivity contribution is 7.13. The van der Waals surface area contributed by atoms with Crippen LogP contribution in [0, 0.1) is 0 Å². The van der Waals surface area contributed by atoms with Crippen molar-refractivity contribution in [2.75, 3.05) is 6.54 Å². The Morgan fingerprint density at radius 2 is 2.42 bits per heavy atom. The average molecular weight is 182 g/mol. The molecule has 0 aliphatic carbocycles. The fourth-order valence-electron chi connectivity index (χ4n) is 1.44. The van der Waals surface area contributed by atoms with Gasteiger partial charge in [-0.05, 0) is 11.6 Å². The number of aromatic nitrogens is 1. The van der Waals surface area contributed by atoms with E-state index in [1.54, 1.807) is 6.07 Å². The van der Waals surface area contributed by atoms with Gasteiger partial charge in [0.2, 0.25) is 0 Å². The highest BCUT2D eigenvalue weighted by Crippen LogP contribution is 2.22. The molecule has 0 saturated heterocycles. The van der Waals surface area contributed by atoms with Crippen molar-refractivity contribution >= 4 is 9.39 Å². The third-order valence-corrected chi connectivity index (χ3v) is 2.50. The Balaban J connectivity index is 2.37. The summed E-state index contributed by atoms with van der Waals surface area (Å²) in [5.41, 5.74) is 2.25. The van der Waals surface area contributed by atoms with Gasteiger partial charge in [-0.2, -0.15) is 0 Å². The van der Waals surface area contributed by atoms with Crippen LogP contribution in [0.2, 0.25) is 0 Å². The maximum atomic E-state index is 9.19. The standard InChI is InChI=1S/C8H11N2OP/c11-7-3-6-5-10(12)2-1-8(6)9-4-7/h3-4,11H,1-2,5,12H2. The highest BCUT2D eigenvalue weighted by atomic mass is 31.0. The molecule has 0 saturated carbocycles. The van der Waals surface area contributed by atoms with Crippen molar-refractivity contribution < 1.29 is 5.11 Å². The van der Waals surface area contributed by atoms with Gasteiger partial charge in [0, 0.05) is 25.2 Å². The fourth-order valence-corrected chi connectivity index (χ4v) is 1.76. The highest BCUT2D eigenvalue weighted by Gasteiger charge is 2.14. The zero-order valence-electron chi connectivity index (χ0n) is 6.70. The van der Waals surface area contributed by atoms with E-state index >= 15 is 0 Å². The summed E-state index contributed by atoms with van der Waals surface area (Å²) >= 11 is 0. The molecule has 3 nitrogen and oxygen atoms in total. The lowest BCUT2D eigenvalue weighted by Crippen LogP contribution is -2.22. The van der Waals surface area contributed by atoms with Gasteiger partial charge in [-0.3, -0.25) is 9.65 Å². The van der Waals surface area contributed by atoms with Crippen LogP contribution in [0.4, 0.5) is 0 Å². The Morgan fingerprint density at radius 3 is 3.25 bits per heavy atom. The molecular weight excluding hydrogens is 171 g/mol. The minimum atomic E-state index is 0.258. The molecule has 0 amide bonds. The molecule has 64 valence electrons. The fraction of sp³-hybridized carbons (Fsp3) is 0.375. The first kappa shape index (κ1) is 7.96. The third-order valence-electron chi connectivity index (χ3n) is 2.05. The molecule has 0 spiro atoms. The topological polar surface area (TPSA) is 36.4 Å². The molecule has 1 unspecified atom stereocenters. The maximum Gasteiger partial charge on any atom is 0.134 e. The number of fused-ring (bicyclic) bond motifs is 1. The van der Waals surface area contributed by atoms with E-state index in [0.717, 1.165) is 30.8 Å². The van der Waals surface area contributed by atoms with Gasteiger partial charge in [0.15, 0.2) is 0 Å². The van der Waals surface area contributed by atoms with Crippen molar-refractivity contribution in [1.82, 2.24) is 9.65 Å². The SMILES string of the molecule is Oc1cnc2c(c1)CN(P)CC2. The molecule has 0 radical (unpaired) electrons. The van der Waals surface area contributed by atoms with Crippen LogP contribution in [0.3, 0.4) is 0 Å². The molecule has 2 heterocycles. The Bertz CT molecular complexity index is 303. The van der Waals surface area contributed by atoms with Gasteiger partial charge in [0.1, 0.15) is 5.75 Å². The van der Waals surface area contributed by atoms with Gasteiger partial charge in [0.25, 0.3) is 0 Å². The summed E-state index contributed by atoms with van der Waals surface area (Å²) in [6.07, 6.45) is 2.48. The summed E-state index contributed by atoms with van der Waals surface area (Å²) in [6.45, 7) is 1.89. The van der Waals surface area contributed by atoms with E-state index < -0.39 is 0 Å². The molecular formula is C8H11N2OP. The second-order valence-electron chi connectivity index (χ2n) is 3.02.